The number of benzene rings is 1. The van der Waals surface area contributed by atoms with Gasteiger partial charge in [-0.3, -0.25) is 9.59 Å². The van der Waals surface area contributed by atoms with Crippen molar-refractivity contribution >= 4 is 35.1 Å². The van der Waals surface area contributed by atoms with E-state index in [9.17, 15) is 19.5 Å². The molecule has 1 aromatic rings. The van der Waals surface area contributed by atoms with Gasteiger partial charge in [0.15, 0.2) is 0 Å². The second-order valence-corrected chi connectivity index (χ2v) is 6.64. The predicted molar refractivity (Wildman–Crippen MR) is 92.9 cm³/mol. The van der Waals surface area contributed by atoms with Gasteiger partial charge < -0.3 is 20.1 Å². The standard InChI is InChI=1S/C17H21ClN2O5/c1-4-17(2,16(23)24)19-15(22)10-7-14(21)20(9-10)12-8-11(18)5-6-13(12)25-3/h5-6,8,10H,4,7,9H2,1-3H3,(H,19,22)(H,23,24). The Balaban J connectivity index is 2.19. The first-order valence-corrected chi connectivity index (χ1v) is 8.29. The van der Waals surface area contributed by atoms with E-state index in [2.05, 4.69) is 5.32 Å². The SMILES string of the molecule is CCC(C)(NC(=O)C1CC(=O)N(c2cc(Cl)ccc2OC)C1)C(=O)O. The van der Waals surface area contributed by atoms with Gasteiger partial charge in [0.25, 0.3) is 0 Å². The molecule has 0 aromatic heterocycles. The highest BCUT2D eigenvalue weighted by molar-refractivity contribution is 6.31. The molecule has 8 heteroatoms. The summed E-state index contributed by atoms with van der Waals surface area (Å²) in [5.41, 5.74) is -0.867. The van der Waals surface area contributed by atoms with Crippen molar-refractivity contribution in [3.05, 3.63) is 23.2 Å². The summed E-state index contributed by atoms with van der Waals surface area (Å²) in [6.45, 7) is 3.26. The number of carboxylic acids is 1. The van der Waals surface area contributed by atoms with Gasteiger partial charge in [0.05, 0.1) is 18.7 Å². The third-order valence-electron chi connectivity index (χ3n) is 4.51. The van der Waals surface area contributed by atoms with Crippen molar-refractivity contribution in [2.24, 2.45) is 5.92 Å². The van der Waals surface area contributed by atoms with E-state index < -0.39 is 23.3 Å². The third kappa shape index (κ3) is 3.87. The number of methoxy groups -OCH3 is 1. The first-order valence-electron chi connectivity index (χ1n) is 7.91. The summed E-state index contributed by atoms with van der Waals surface area (Å²) in [5.74, 6) is -1.97. The number of nitrogens with zero attached hydrogens (tertiary/aromatic N) is 1. The van der Waals surface area contributed by atoms with Gasteiger partial charge in [0, 0.05) is 18.0 Å². The Morgan fingerprint density at radius 1 is 1.48 bits per heavy atom. The minimum Gasteiger partial charge on any atom is -0.495 e. The number of amides is 2. The number of carbonyl (C=O) groups excluding carboxylic acids is 2. The highest BCUT2D eigenvalue weighted by atomic mass is 35.5. The second-order valence-electron chi connectivity index (χ2n) is 6.20. The first kappa shape index (κ1) is 19.1. The average molecular weight is 369 g/mol. The molecule has 2 unspecified atom stereocenters. The van der Waals surface area contributed by atoms with Gasteiger partial charge in [-0.1, -0.05) is 18.5 Å². The number of aliphatic carboxylic acids is 1. The van der Waals surface area contributed by atoms with Crippen LogP contribution in [0.5, 0.6) is 5.75 Å². The molecule has 0 radical (unpaired) electrons. The smallest absolute Gasteiger partial charge is 0.329 e. The number of hydrogen-bond donors (Lipinski definition) is 2. The number of nitrogens with one attached hydrogen (secondary N) is 1. The van der Waals surface area contributed by atoms with Crippen LogP contribution in [0.15, 0.2) is 18.2 Å². The number of hydrogen-bond acceptors (Lipinski definition) is 4. The fourth-order valence-corrected chi connectivity index (χ4v) is 2.82. The van der Waals surface area contributed by atoms with Crippen LogP contribution in [0.3, 0.4) is 0 Å². The minimum absolute atomic E-state index is 0.000907. The van der Waals surface area contributed by atoms with Gasteiger partial charge in [0.2, 0.25) is 11.8 Å². The van der Waals surface area contributed by atoms with Gasteiger partial charge >= 0.3 is 5.97 Å². The monoisotopic (exact) mass is 368 g/mol. The van der Waals surface area contributed by atoms with Crippen LogP contribution in [0.1, 0.15) is 26.7 Å². The summed E-state index contributed by atoms with van der Waals surface area (Å²) in [6.07, 6.45) is 0.238. The minimum atomic E-state index is -1.36. The predicted octanol–water partition coefficient (Wildman–Crippen LogP) is 2.07. The molecule has 1 aliphatic heterocycles. The molecule has 2 rings (SSSR count). The molecular formula is C17H21ClN2O5. The van der Waals surface area contributed by atoms with E-state index >= 15 is 0 Å². The van der Waals surface area contributed by atoms with Crippen LogP contribution in [0.2, 0.25) is 5.02 Å². The van der Waals surface area contributed by atoms with E-state index in [1.807, 2.05) is 0 Å². The van der Waals surface area contributed by atoms with E-state index in [1.165, 1.54) is 18.9 Å². The van der Waals surface area contributed by atoms with E-state index in [0.29, 0.717) is 16.5 Å². The summed E-state index contributed by atoms with van der Waals surface area (Å²) in [7, 11) is 1.48. The van der Waals surface area contributed by atoms with Crippen LogP contribution >= 0.6 is 11.6 Å². The number of carboxylic acid groups (broad SMARTS) is 1. The maximum Gasteiger partial charge on any atom is 0.329 e. The molecule has 2 amide bonds. The van der Waals surface area contributed by atoms with Crippen molar-refractivity contribution in [1.29, 1.82) is 0 Å². The second kappa shape index (κ2) is 7.31. The lowest BCUT2D eigenvalue weighted by Crippen LogP contribution is -2.53. The maximum absolute atomic E-state index is 12.5. The molecule has 0 bridgehead atoms. The normalized spacial score (nSPS) is 19.4. The number of rotatable bonds is 6. The third-order valence-corrected chi connectivity index (χ3v) is 4.74. The molecule has 1 saturated heterocycles. The molecule has 2 N–H and O–H groups in total. The van der Waals surface area contributed by atoms with Crippen molar-refractivity contribution in [2.75, 3.05) is 18.6 Å². The maximum atomic E-state index is 12.5. The zero-order valence-corrected chi connectivity index (χ0v) is 15.1. The molecule has 25 heavy (non-hydrogen) atoms. The molecule has 1 heterocycles. The summed E-state index contributed by atoms with van der Waals surface area (Å²) < 4.78 is 5.26. The molecule has 0 saturated carbocycles. The average Bonchev–Trinajstić information content (AvgIpc) is 2.96. The molecule has 7 nitrogen and oxygen atoms in total. The Hall–Kier alpha value is -2.28. The number of ether oxygens (including phenoxy) is 1. The van der Waals surface area contributed by atoms with Crippen molar-refractivity contribution in [3.8, 4) is 5.75 Å². The fraction of sp³-hybridized carbons (Fsp3) is 0.471. The zero-order valence-electron chi connectivity index (χ0n) is 14.3. The van der Waals surface area contributed by atoms with Crippen LogP contribution in [0, 0.1) is 5.92 Å². The summed E-state index contributed by atoms with van der Waals surface area (Å²) in [6, 6.07) is 4.90. The first-order chi connectivity index (χ1) is 11.7. The van der Waals surface area contributed by atoms with Crippen molar-refractivity contribution in [3.63, 3.8) is 0 Å². The molecule has 1 aliphatic rings. The molecule has 2 atom stereocenters. The summed E-state index contributed by atoms with van der Waals surface area (Å²) >= 11 is 6.00. The van der Waals surface area contributed by atoms with E-state index in [-0.39, 0.29) is 25.3 Å². The lowest BCUT2D eigenvalue weighted by molar-refractivity contribution is -0.147. The van der Waals surface area contributed by atoms with E-state index in [1.54, 1.807) is 25.1 Å². The lowest BCUT2D eigenvalue weighted by Gasteiger charge is -2.26. The highest BCUT2D eigenvalue weighted by Crippen LogP contribution is 2.35. The molecule has 0 aliphatic carbocycles. The van der Waals surface area contributed by atoms with Gasteiger partial charge in [-0.2, -0.15) is 0 Å². The molecule has 1 aromatic carbocycles. The van der Waals surface area contributed by atoms with Crippen molar-refractivity contribution < 1.29 is 24.2 Å². The number of carbonyl (C=O) groups is 3. The molecule has 0 spiro atoms. The number of halogens is 1. The largest absolute Gasteiger partial charge is 0.495 e. The number of anilines is 1. The van der Waals surface area contributed by atoms with E-state index in [4.69, 9.17) is 16.3 Å². The Bertz CT molecular complexity index is 708. The molecule has 136 valence electrons. The summed E-state index contributed by atoms with van der Waals surface area (Å²) in [4.78, 5) is 37.6. The van der Waals surface area contributed by atoms with Gasteiger partial charge in [-0.05, 0) is 31.5 Å². The highest BCUT2D eigenvalue weighted by Gasteiger charge is 2.40. The lowest BCUT2D eigenvalue weighted by atomic mass is 9.97. The molecular weight excluding hydrogens is 348 g/mol. The van der Waals surface area contributed by atoms with Crippen LogP contribution < -0.4 is 15.0 Å². The van der Waals surface area contributed by atoms with Gasteiger partial charge in [-0.25, -0.2) is 4.79 Å². The Morgan fingerprint density at radius 2 is 2.16 bits per heavy atom. The van der Waals surface area contributed by atoms with Crippen LogP contribution in [-0.2, 0) is 14.4 Å². The zero-order chi connectivity index (χ0) is 18.8. The Kier molecular flexibility index (Phi) is 5.57. The Labute approximate surface area is 150 Å². The van der Waals surface area contributed by atoms with Crippen LogP contribution in [0.4, 0.5) is 5.69 Å². The van der Waals surface area contributed by atoms with Crippen molar-refractivity contribution in [2.45, 2.75) is 32.2 Å². The van der Waals surface area contributed by atoms with E-state index in [0.717, 1.165) is 0 Å². The fourth-order valence-electron chi connectivity index (χ4n) is 2.66. The topological polar surface area (TPSA) is 95.9 Å². The van der Waals surface area contributed by atoms with Crippen LogP contribution in [-0.4, -0.2) is 42.1 Å². The Morgan fingerprint density at radius 3 is 2.72 bits per heavy atom. The van der Waals surface area contributed by atoms with Crippen molar-refractivity contribution in [1.82, 2.24) is 5.32 Å². The summed E-state index contributed by atoms with van der Waals surface area (Å²) in [5, 5.41) is 12.3. The van der Waals surface area contributed by atoms with Crippen LogP contribution in [0.25, 0.3) is 0 Å². The van der Waals surface area contributed by atoms with Gasteiger partial charge in [0.1, 0.15) is 11.3 Å². The quantitative estimate of drug-likeness (QED) is 0.801. The van der Waals surface area contributed by atoms with Gasteiger partial charge in [-0.15, -0.1) is 0 Å². The molecule has 1 fully saturated rings.